The first-order valence-corrected chi connectivity index (χ1v) is 13.4. The lowest BCUT2D eigenvalue weighted by atomic mass is 9.86. The fraction of sp³-hybridized carbons (Fsp3) is 0.731. The van der Waals surface area contributed by atoms with Gasteiger partial charge in [-0.1, -0.05) is 37.3 Å². The van der Waals surface area contributed by atoms with Crippen molar-refractivity contribution in [2.45, 2.75) is 75.9 Å². The molecule has 0 bridgehead atoms. The van der Waals surface area contributed by atoms with E-state index in [2.05, 4.69) is 15.1 Å². The highest BCUT2D eigenvalue weighted by Gasteiger charge is 2.43. The van der Waals surface area contributed by atoms with Gasteiger partial charge in [0.25, 0.3) is 0 Å². The molecule has 1 aromatic carbocycles. The maximum absolute atomic E-state index is 13.0. The molecule has 3 heterocycles. The van der Waals surface area contributed by atoms with Crippen LogP contribution in [0.1, 0.15) is 63.4 Å². The number of nitrogens with zero attached hydrogens (tertiary/aromatic N) is 2. The molecule has 3 aliphatic heterocycles. The second kappa shape index (κ2) is 11.0. The van der Waals surface area contributed by atoms with Crippen LogP contribution in [0.25, 0.3) is 0 Å². The summed E-state index contributed by atoms with van der Waals surface area (Å²) < 4.78 is 16.5. The minimum atomic E-state index is 0.117. The van der Waals surface area contributed by atoms with Crippen LogP contribution in [0.4, 0.5) is 0 Å². The molecule has 1 N–H and O–H groups in total. The van der Waals surface area contributed by atoms with Crippen LogP contribution < -0.4 is 14.8 Å². The number of amides is 1. The van der Waals surface area contributed by atoms with E-state index in [4.69, 9.17) is 25.8 Å². The Morgan fingerprint density at radius 1 is 1.06 bits per heavy atom. The van der Waals surface area contributed by atoms with Gasteiger partial charge in [-0.3, -0.25) is 9.69 Å². The van der Waals surface area contributed by atoms with Gasteiger partial charge in [-0.2, -0.15) is 0 Å². The van der Waals surface area contributed by atoms with Crippen molar-refractivity contribution in [2.24, 2.45) is 0 Å². The van der Waals surface area contributed by atoms with Crippen molar-refractivity contribution in [3.8, 4) is 11.5 Å². The molecule has 0 spiro atoms. The second-order valence-corrected chi connectivity index (χ2v) is 10.6. The highest BCUT2D eigenvalue weighted by atomic mass is 35.5. The zero-order chi connectivity index (χ0) is 23.4. The number of nitrogens with one attached hydrogen (secondary N) is 1. The van der Waals surface area contributed by atoms with Crippen LogP contribution in [-0.4, -0.2) is 73.5 Å². The summed E-state index contributed by atoms with van der Waals surface area (Å²) in [6.07, 6.45) is 10.2. The minimum absolute atomic E-state index is 0.117. The number of rotatable bonds is 8. The summed E-state index contributed by atoms with van der Waals surface area (Å²) in [7, 11) is 0. The third-order valence-electron chi connectivity index (χ3n) is 8.14. The first-order valence-electron chi connectivity index (χ1n) is 13.1. The van der Waals surface area contributed by atoms with Crippen molar-refractivity contribution in [3.63, 3.8) is 0 Å². The number of carbonyl (C=O) groups is 1. The van der Waals surface area contributed by atoms with Crippen LogP contribution in [0.15, 0.2) is 12.1 Å². The Balaban J connectivity index is 1.19. The summed E-state index contributed by atoms with van der Waals surface area (Å²) in [5.74, 6) is 1.80. The van der Waals surface area contributed by atoms with Gasteiger partial charge in [0.1, 0.15) is 0 Å². The number of fused-ring (bicyclic) bond motifs is 1. The van der Waals surface area contributed by atoms with Gasteiger partial charge < -0.3 is 24.4 Å². The predicted molar refractivity (Wildman–Crippen MR) is 131 cm³/mol. The van der Waals surface area contributed by atoms with Gasteiger partial charge in [0.05, 0.1) is 13.2 Å². The molecule has 34 heavy (non-hydrogen) atoms. The van der Waals surface area contributed by atoms with E-state index >= 15 is 0 Å². The fourth-order valence-electron chi connectivity index (χ4n) is 6.21. The van der Waals surface area contributed by atoms with Crippen LogP contribution in [0.2, 0.25) is 5.02 Å². The largest absolute Gasteiger partial charge is 0.454 e. The van der Waals surface area contributed by atoms with Gasteiger partial charge >= 0.3 is 0 Å². The molecule has 0 aromatic heterocycles. The number of hydrogen-bond acceptors (Lipinski definition) is 6. The van der Waals surface area contributed by atoms with Gasteiger partial charge in [-0.05, 0) is 43.9 Å². The van der Waals surface area contributed by atoms with Crippen molar-refractivity contribution in [3.05, 3.63) is 22.7 Å². The number of ether oxygens (including phenoxy) is 3. The molecule has 188 valence electrons. The van der Waals surface area contributed by atoms with Gasteiger partial charge in [-0.15, -0.1) is 0 Å². The quantitative estimate of drug-likeness (QED) is 0.438. The molecule has 1 aromatic rings. The minimum Gasteiger partial charge on any atom is -0.454 e. The van der Waals surface area contributed by atoms with Crippen LogP contribution in [-0.2, 0) is 16.1 Å². The molecule has 1 saturated carbocycles. The third-order valence-corrected chi connectivity index (χ3v) is 8.50. The van der Waals surface area contributed by atoms with Crippen molar-refractivity contribution in [1.29, 1.82) is 0 Å². The van der Waals surface area contributed by atoms with Gasteiger partial charge in [-0.25, -0.2) is 0 Å². The van der Waals surface area contributed by atoms with Crippen molar-refractivity contribution in [1.82, 2.24) is 15.1 Å². The summed E-state index contributed by atoms with van der Waals surface area (Å²) in [5, 5.41) is 4.23. The summed E-state index contributed by atoms with van der Waals surface area (Å²) in [4.78, 5) is 17.9. The Hall–Kier alpha value is -1.54. The summed E-state index contributed by atoms with van der Waals surface area (Å²) in [6.45, 7) is 6.26. The molecule has 1 amide bonds. The number of benzene rings is 1. The van der Waals surface area contributed by atoms with E-state index in [1.54, 1.807) is 0 Å². The van der Waals surface area contributed by atoms with Gasteiger partial charge in [0.2, 0.25) is 12.7 Å². The molecule has 1 unspecified atom stereocenters. The molecule has 4 aliphatic rings. The average Bonchev–Trinajstić information content (AvgIpc) is 3.35. The molecule has 1 atom stereocenters. The zero-order valence-corrected chi connectivity index (χ0v) is 20.9. The lowest BCUT2D eigenvalue weighted by Gasteiger charge is -2.48. The van der Waals surface area contributed by atoms with E-state index in [1.165, 1.54) is 38.5 Å². The Bertz CT molecular complexity index is 853. The van der Waals surface area contributed by atoms with E-state index in [0.717, 1.165) is 63.5 Å². The van der Waals surface area contributed by atoms with E-state index in [1.807, 2.05) is 12.1 Å². The molecule has 1 aliphatic carbocycles. The molecule has 3 fully saturated rings. The maximum atomic E-state index is 13.0. The normalized spacial score (nSPS) is 25.0. The number of likely N-dealkylation sites (tertiary alicyclic amines) is 1. The summed E-state index contributed by atoms with van der Waals surface area (Å²) in [5.41, 5.74) is 1.13. The molecule has 8 heteroatoms. The van der Waals surface area contributed by atoms with Crippen molar-refractivity contribution in [2.75, 3.05) is 46.2 Å². The first-order chi connectivity index (χ1) is 16.6. The van der Waals surface area contributed by atoms with Crippen molar-refractivity contribution < 1.29 is 19.0 Å². The van der Waals surface area contributed by atoms with Crippen LogP contribution >= 0.6 is 11.6 Å². The number of hydrogen-bond donors (Lipinski definition) is 1. The van der Waals surface area contributed by atoms with E-state index in [9.17, 15) is 4.79 Å². The SMILES string of the molecule is O=C1CCC(CCNCc2cc3c(cc2Cl)OCO3)N1CC1(N2CCOCC2)CCCCCC1. The molecule has 2 saturated heterocycles. The molecule has 0 radical (unpaired) electrons. The molecule has 7 nitrogen and oxygen atoms in total. The van der Waals surface area contributed by atoms with Gasteiger partial charge in [0, 0.05) is 55.3 Å². The Morgan fingerprint density at radius 3 is 2.56 bits per heavy atom. The van der Waals surface area contributed by atoms with Crippen molar-refractivity contribution >= 4 is 17.5 Å². The molecular formula is C26H38ClN3O4. The lowest BCUT2D eigenvalue weighted by molar-refractivity contribution is -0.132. The second-order valence-electron chi connectivity index (χ2n) is 10.2. The highest BCUT2D eigenvalue weighted by molar-refractivity contribution is 6.31. The topological polar surface area (TPSA) is 63.3 Å². The van der Waals surface area contributed by atoms with Gasteiger partial charge in [0.15, 0.2) is 11.5 Å². The standard InChI is InChI=1S/C26H38ClN3O4/c27-22-16-24-23(33-19-34-24)15-20(22)17-28-10-7-21-5-6-25(31)30(21)18-26(8-3-1-2-4-9-26)29-11-13-32-14-12-29/h15-16,21,28H,1-14,17-19H2. The Morgan fingerprint density at radius 2 is 1.79 bits per heavy atom. The number of halogens is 1. The zero-order valence-electron chi connectivity index (χ0n) is 20.2. The third kappa shape index (κ3) is 5.32. The maximum Gasteiger partial charge on any atom is 0.231 e. The monoisotopic (exact) mass is 491 g/mol. The Labute approximate surface area is 208 Å². The summed E-state index contributed by atoms with van der Waals surface area (Å²) >= 11 is 6.43. The highest BCUT2D eigenvalue weighted by Crippen LogP contribution is 2.38. The lowest BCUT2D eigenvalue weighted by Crippen LogP contribution is -2.59. The number of carbonyl (C=O) groups excluding carboxylic acids is 1. The predicted octanol–water partition coefficient (Wildman–Crippen LogP) is 3.96. The van der Waals surface area contributed by atoms with E-state index in [-0.39, 0.29) is 12.3 Å². The fourth-order valence-corrected chi connectivity index (χ4v) is 6.43. The number of morpholine rings is 1. The first kappa shape index (κ1) is 24.2. The van der Waals surface area contributed by atoms with Crippen LogP contribution in [0, 0.1) is 0 Å². The average molecular weight is 492 g/mol. The summed E-state index contributed by atoms with van der Waals surface area (Å²) in [6, 6.07) is 4.10. The van der Waals surface area contributed by atoms with E-state index in [0.29, 0.717) is 35.7 Å². The van der Waals surface area contributed by atoms with Crippen LogP contribution in [0.3, 0.4) is 0 Å². The Kier molecular flexibility index (Phi) is 7.83. The van der Waals surface area contributed by atoms with Crippen LogP contribution in [0.5, 0.6) is 11.5 Å². The molecule has 5 rings (SSSR count). The van der Waals surface area contributed by atoms with E-state index < -0.39 is 0 Å². The smallest absolute Gasteiger partial charge is 0.231 e. The molecular weight excluding hydrogens is 454 g/mol.